The van der Waals surface area contributed by atoms with Gasteiger partial charge in [-0.3, -0.25) is 0 Å². The van der Waals surface area contributed by atoms with Gasteiger partial charge in [0.25, 0.3) is 0 Å². The summed E-state index contributed by atoms with van der Waals surface area (Å²) in [4.78, 5) is 2.84. The van der Waals surface area contributed by atoms with Gasteiger partial charge in [0.15, 0.2) is 0 Å². The second-order valence-electron chi connectivity index (χ2n) is 6.13. The molecule has 0 amide bonds. The van der Waals surface area contributed by atoms with E-state index >= 15 is 0 Å². The van der Waals surface area contributed by atoms with Crippen molar-refractivity contribution in [1.29, 1.82) is 0 Å². The summed E-state index contributed by atoms with van der Waals surface area (Å²) in [6.45, 7) is 5.18. The van der Waals surface area contributed by atoms with Gasteiger partial charge >= 0.3 is 0 Å². The minimum absolute atomic E-state index is 1.00. The smallest absolute Gasteiger partial charge is 0.0126 e. The fourth-order valence-electron chi connectivity index (χ4n) is 4.35. The van der Waals surface area contributed by atoms with E-state index in [1.165, 1.54) is 32.4 Å². The van der Waals surface area contributed by atoms with E-state index in [1.54, 1.807) is 25.7 Å². The Morgan fingerprint density at radius 1 is 1.00 bits per heavy atom. The lowest BCUT2D eigenvalue weighted by molar-refractivity contribution is 0.0956. The zero-order valence-corrected chi connectivity index (χ0v) is 10.1. The molecule has 3 atom stereocenters. The second kappa shape index (κ2) is 4.08. The third-order valence-corrected chi connectivity index (χ3v) is 5.40. The summed E-state index contributed by atoms with van der Waals surface area (Å²) >= 11 is 0. The standard InChI is InChI=1S/C14H25N/c1-2-11-5-7-15(8-6-11)14-10-12-3-4-13(14)9-12/h11-14H,2-10H2,1H3/t12-,13+,14+/m1/s1. The van der Waals surface area contributed by atoms with Crippen molar-refractivity contribution in [3.63, 3.8) is 0 Å². The Kier molecular flexibility index (Phi) is 2.76. The average molecular weight is 207 g/mol. The highest BCUT2D eigenvalue weighted by Gasteiger charge is 2.42. The van der Waals surface area contributed by atoms with Gasteiger partial charge in [0.1, 0.15) is 0 Å². The highest BCUT2D eigenvalue weighted by atomic mass is 15.2. The van der Waals surface area contributed by atoms with Gasteiger partial charge in [0.2, 0.25) is 0 Å². The summed E-state index contributed by atoms with van der Waals surface area (Å²) in [6.07, 6.45) is 10.6. The van der Waals surface area contributed by atoms with E-state index < -0.39 is 0 Å². The highest BCUT2D eigenvalue weighted by molar-refractivity contribution is 4.96. The maximum absolute atomic E-state index is 2.84. The molecular formula is C14H25N. The van der Waals surface area contributed by atoms with Crippen LogP contribution in [0.3, 0.4) is 0 Å². The normalized spacial score (nSPS) is 42.6. The largest absolute Gasteiger partial charge is 0.300 e. The van der Waals surface area contributed by atoms with Gasteiger partial charge in [-0.15, -0.1) is 0 Å². The lowest BCUT2D eigenvalue weighted by Crippen LogP contribution is -2.43. The van der Waals surface area contributed by atoms with Crippen LogP contribution in [0.25, 0.3) is 0 Å². The van der Waals surface area contributed by atoms with E-state index in [0.717, 1.165) is 23.8 Å². The predicted octanol–water partition coefficient (Wildman–Crippen LogP) is 3.30. The van der Waals surface area contributed by atoms with E-state index in [4.69, 9.17) is 0 Å². The van der Waals surface area contributed by atoms with Crippen molar-refractivity contribution in [2.24, 2.45) is 17.8 Å². The van der Waals surface area contributed by atoms with Crippen LogP contribution in [0.5, 0.6) is 0 Å². The van der Waals surface area contributed by atoms with Crippen LogP contribution in [0.2, 0.25) is 0 Å². The topological polar surface area (TPSA) is 3.24 Å². The molecule has 2 saturated carbocycles. The molecule has 3 fully saturated rings. The van der Waals surface area contributed by atoms with Crippen molar-refractivity contribution < 1.29 is 0 Å². The third-order valence-electron chi connectivity index (χ3n) is 5.40. The Morgan fingerprint density at radius 3 is 2.33 bits per heavy atom. The highest BCUT2D eigenvalue weighted by Crippen LogP contribution is 2.47. The van der Waals surface area contributed by atoms with E-state index in [2.05, 4.69) is 11.8 Å². The van der Waals surface area contributed by atoms with Crippen molar-refractivity contribution >= 4 is 0 Å². The van der Waals surface area contributed by atoms with Crippen LogP contribution in [0.15, 0.2) is 0 Å². The second-order valence-corrected chi connectivity index (χ2v) is 6.13. The molecule has 0 unspecified atom stereocenters. The Balaban J connectivity index is 1.56. The number of rotatable bonds is 2. The van der Waals surface area contributed by atoms with Gasteiger partial charge in [-0.1, -0.05) is 19.8 Å². The van der Waals surface area contributed by atoms with Crippen LogP contribution in [-0.2, 0) is 0 Å². The molecule has 2 bridgehead atoms. The Bertz CT molecular complexity index is 217. The van der Waals surface area contributed by atoms with Crippen molar-refractivity contribution in [3.8, 4) is 0 Å². The van der Waals surface area contributed by atoms with Gasteiger partial charge in [0.05, 0.1) is 0 Å². The van der Waals surface area contributed by atoms with E-state index in [-0.39, 0.29) is 0 Å². The maximum atomic E-state index is 2.84. The fraction of sp³-hybridized carbons (Fsp3) is 1.00. The molecule has 0 aromatic heterocycles. The summed E-state index contributed by atoms with van der Waals surface area (Å²) in [5.74, 6) is 3.25. The number of nitrogens with zero attached hydrogens (tertiary/aromatic N) is 1. The van der Waals surface area contributed by atoms with Crippen molar-refractivity contribution in [2.75, 3.05) is 13.1 Å². The summed E-state index contributed by atoms with van der Waals surface area (Å²) in [5.41, 5.74) is 0. The molecule has 0 aromatic rings. The zero-order valence-electron chi connectivity index (χ0n) is 10.1. The zero-order chi connectivity index (χ0) is 10.3. The van der Waals surface area contributed by atoms with E-state index in [1.807, 2.05) is 0 Å². The molecule has 0 N–H and O–H groups in total. The minimum atomic E-state index is 1.00. The molecule has 1 aliphatic heterocycles. The minimum Gasteiger partial charge on any atom is -0.300 e. The van der Waals surface area contributed by atoms with Crippen LogP contribution in [-0.4, -0.2) is 24.0 Å². The molecule has 0 radical (unpaired) electrons. The summed E-state index contributed by atoms with van der Waals surface area (Å²) in [5, 5.41) is 0. The first kappa shape index (κ1) is 10.1. The third kappa shape index (κ3) is 1.84. The van der Waals surface area contributed by atoms with Gasteiger partial charge < -0.3 is 4.90 Å². The SMILES string of the molecule is CCC1CCN([C@H]2C[C@@H]3CC[C@H]2C3)CC1. The van der Waals surface area contributed by atoms with Crippen LogP contribution in [0, 0.1) is 17.8 Å². The van der Waals surface area contributed by atoms with E-state index in [0.29, 0.717) is 0 Å². The molecule has 15 heavy (non-hydrogen) atoms. The lowest BCUT2D eigenvalue weighted by atomic mass is 9.89. The van der Waals surface area contributed by atoms with Gasteiger partial charge in [0, 0.05) is 6.04 Å². The van der Waals surface area contributed by atoms with Crippen molar-refractivity contribution in [3.05, 3.63) is 0 Å². The first-order valence-electron chi connectivity index (χ1n) is 7.11. The van der Waals surface area contributed by atoms with Gasteiger partial charge in [-0.05, 0) is 62.9 Å². The summed E-state index contributed by atoms with van der Waals surface area (Å²) in [6, 6.07) is 1.00. The van der Waals surface area contributed by atoms with Gasteiger partial charge in [-0.2, -0.15) is 0 Å². The molecular weight excluding hydrogens is 182 g/mol. The monoisotopic (exact) mass is 207 g/mol. The van der Waals surface area contributed by atoms with Crippen molar-refractivity contribution in [1.82, 2.24) is 4.90 Å². The summed E-state index contributed by atoms with van der Waals surface area (Å²) < 4.78 is 0. The fourth-order valence-corrected chi connectivity index (χ4v) is 4.35. The number of piperidine rings is 1. The van der Waals surface area contributed by atoms with Gasteiger partial charge in [-0.25, -0.2) is 0 Å². The van der Waals surface area contributed by atoms with Crippen LogP contribution in [0.4, 0.5) is 0 Å². The number of likely N-dealkylation sites (tertiary alicyclic amines) is 1. The Morgan fingerprint density at radius 2 is 1.80 bits per heavy atom. The number of fused-ring (bicyclic) bond motifs is 2. The average Bonchev–Trinajstić information content (AvgIpc) is 2.91. The Labute approximate surface area is 94.2 Å². The van der Waals surface area contributed by atoms with Crippen LogP contribution >= 0.6 is 0 Å². The molecule has 86 valence electrons. The molecule has 1 heterocycles. The molecule has 3 aliphatic rings. The number of hydrogen-bond acceptors (Lipinski definition) is 1. The molecule has 0 spiro atoms. The predicted molar refractivity (Wildman–Crippen MR) is 63.8 cm³/mol. The first-order valence-corrected chi connectivity index (χ1v) is 7.11. The quantitative estimate of drug-likeness (QED) is 0.671. The number of hydrogen-bond donors (Lipinski definition) is 0. The molecule has 2 aliphatic carbocycles. The molecule has 0 aromatic carbocycles. The van der Waals surface area contributed by atoms with Crippen LogP contribution in [0.1, 0.15) is 51.9 Å². The summed E-state index contributed by atoms with van der Waals surface area (Å²) in [7, 11) is 0. The van der Waals surface area contributed by atoms with Crippen LogP contribution < -0.4 is 0 Å². The maximum Gasteiger partial charge on any atom is 0.0126 e. The molecule has 1 heteroatoms. The molecule has 1 saturated heterocycles. The van der Waals surface area contributed by atoms with Crippen molar-refractivity contribution in [2.45, 2.75) is 57.9 Å². The lowest BCUT2D eigenvalue weighted by Gasteiger charge is -2.39. The Hall–Kier alpha value is -0.0400. The molecule has 1 nitrogen and oxygen atoms in total. The molecule has 3 rings (SSSR count). The first-order chi connectivity index (χ1) is 7.36. The van der Waals surface area contributed by atoms with E-state index in [9.17, 15) is 0 Å².